The minimum atomic E-state index is 0.00833. The largest absolute Gasteiger partial charge is 0.383 e. The minimum absolute atomic E-state index is 0.00833. The molecule has 5 nitrogen and oxygen atoms in total. The van der Waals surface area contributed by atoms with Crippen LogP contribution in [0.4, 0.5) is 5.82 Å². The standard InChI is InChI=1S/C15H17N5/c1-15(2)5-4-10-12(9-7-18-20(3)8-9)11(6-16)14(17)19-13(10)15/h7-8H,4-5H2,1-3H3,(H2,17,19). The average Bonchev–Trinajstić information content (AvgIpc) is 2.93. The van der Waals surface area contributed by atoms with Crippen LogP contribution in [-0.2, 0) is 18.9 Å². The summed E-state index contributed by atoms with van der Waals surface area (Å²) in [5.41, 5.74) is 10.5. The number of nitriles is 1. The lowest BCUT2D eigenvalue weighted by Gasteiger charge is -2.19. The summed E-state index contributed by atoms with van der Waals surface area (Å²) in [6.45, 7) is 4.34. The highest BCUT2D eigenvalue weighted by Crippen LogP contribution is 2.43. The number of aryl methyl sites for hydroxylation is 1. The molecule has 0 amide bonds. The van der Waals surface area contributed by atoms with Crippen molar-refractivity contribution in [2.45, 2.75) is 32.1 Å². The first-order chi connectivity index (χ1) is 9.44. The Labute approximate surface area is 118 Å². The molecule has 0 bridgehead atoms. The number of anilines is 1. The molecule has 0 saturated carbocycles. The second kappa shape index (κ2) is 4.07. The molecular formula is C15H17N5. The summed E-state index contributed by atoms with van der Waals surface area (Å²) < 4.78 is 1.74. The summed E-state index contributed by atoms with van der Waals surface area (Å²) in [6, 6.07) is 2.20. The van der Waals surface area contributed by atoms with Gasteiger partial charge in [0.1, 0.15) is 17.5 Å². The molecule has 0 unspecified atom stereocenters. The van der Waals surface area contributed by atoms with Crippen LogP contribution < -0.4 is 5.73 Å². The van der Waals surface area contributed by atoms with Gasteiger partial charge in [0.25, 0.3) is 0 Å². The maximum absolute atomic E-state index is 9.43. The SMILES string of the molecule is Cn1cc(-c2c(C#N)c(N)nc3c2CCC3(C)C)cn1. The first-order valence-corrected chi connectivity index (χ1v) is 6.66. The maximum atomic E-state index is 9.43. The lowest BCUT2D eigenvalue weighted by Crippen LogP contribution is -2.15. The Morgan fingerprint density at radius 1 is 1.45 bits per heavy atom. The Bertz CT molecular complexity index is 733. The third kappa shape index (κ3) is 1.68. The summed E-state index contributed by atoms with van der Waals surface area (Å²) >= 11 is 0. The Morgan fingerprint density at radius 3 is 2.80 bits per heavy atom. The minimum Gasteiger partial charge on any atom is -0.383 e. The Hall–Kier alpha value is -2.35. The summed E-state index contributed by atoms with van der Waals surface area (Å²) in [6.07, 6.45) is 5.65. The molecule has 0 aliphatic heterocycles. The molecule has 1 aliphatic rings. The predicted molar refractivity (Wildman–Crippen MR) is 76.9 cm³/mol. The highest BCUT2D eigenvalue weighted by Gasteiger charge is 2.35. The van der Waals surface area contributed by atoms with Gasteiger partial charge in [0.2, 0.25) is 0 Å². The van der Waals surface area contributed by atoms with E-state index >= 15 is 0 Å². The summed E-state index contributed by atoms with van der Waals surface area (Å²) in [4.78, 5) is 4.50. The van der Waals surface area contributed by atoms with E-state index < -0.39 is 0 Å². The van der Waals surface area contributed by atoms with E-state index in [-0.39, 0.29) is 5.41 Å². The molecule has 0 atom stereocenters. The zero-order valence-electron chi connectivity index (χ0n) is 11.9. The number of pyridine rings is 1. The third-order valence-electron chi connectivity index (χ3n) is 4.07. The molecule has 0 fully saturated rings. The number of hydrogen-bond donors (Lipinski definition) is 1. The van der Waals surface area contributed by atoms with Crippen molar-refractivity contribution in [2.24, 2.45) is 7.05 Å². The second-order valence-corrected chi connectivity index (χ2v) is 5.97. The topological polar surface area (TPSA) is 80.5 Å². The van der Waals surface area contributed by atoms with Gasteiger partial charge in [-0.15, -0.1) is 0 Å². The zero-order valence-corrected chi connectivity index (χ0v) is 11.9. The van der Waals surface area contributed by atoms with Gasteiger partial charge in [-0.3, -0.25) is 4.68 Å². The fourth-order valence-corrected chi connectivity index (χ4v) is 2.98. The molecular weight excluding hydrogens is 250 g/mol. The molecule has 0 saturated heterocycles. The second-order valence-electron chi connectivity index (χ2n) is 5.97. The van der Waals surface area contributed by atoms with Crippen LogP contribution in [0.2, 0.25) is 0 Å². The van der Waals surface area contributed by atoms with Crippen molar-refractivity contribution >= 4 is 5.82 Å². The van der Waals surface area contributed by atoms with Crippen molar-refractivity contribution < 1.29 is 0 Å². The van der Waals surface area contributed by atoms with Gasteiger partial charge in [-0.05, 0) is 18.4 Å². The smallest absolute Gasteiger partial charge is 0.142 e. The quantitative estimate of drug-likeness (QED) is 0.858. The van der Waals surface area contributed by atoms with Crippen LogP contribution in [0.3, 0.4) is 0 Å². The van der Waals surface area contributed by atoms with Crippen molar-refractivity contribution in [3.8, 4) is 17.2 Å². The summed E-state index contributed by atoms with van der Waals surface area (Å²) in [7, 11) is 1.87. The Kier molecular flexibility index (Phi) is 2.58. The fraction of sp³-hybridized carbons (Fsp3) is 0.400. The molecule has 2 aromatic heterocycles. The van der Waals surface area contributed by atoms with Crippen LogP contribution in [0.15, 0.2) is 12.4 Å². The molecule has 0 radical (unpaired) electrons. The van der Waals surface area contributed by atoms with E-state index in [2.05, 4.69) is 30.0 Å². The van der Waals surface area contributed by atoms with Gasteiger partial charge in [0.05, 0.1) is 11.9 Å². The number of nitrogens with two attached hydrogens (primary N) is 1. The molecule has 0 aromatic carbocycles. The first kappa shape index (κ1) is 12.7. The molecule has 1 aliphatic carbocycles. The van der Waals surface area contributed by atoms with Crippen LogP contribution in [0.5, 0.6) is 0 Å². The van der Waals surface area contributed by atoms with Gasteiger partial charge in [-0.25, -0.2) is 4.98 Å². The van der Waals surface area contributed by atoms with E-state index in [0.717, 1.165) is 35.2 Å². The number of rotatable bonds is 1. The molecule has 20 heavy (non-hydrogen) atoms. The van der Waals surface area contributed by atoms with Crippen LogP contribution in [0.25, 0.3) is 11.1 Å². The molecule has 5 heteroatoms. The van der Waals surface area contributed by atoms with E-state index in [1.54, 1.807) is 10.9 Å². The molecule has 3 rings (SSSR count). The number of nitrogen functional groups attached to an aromatic ring is 1. The van der Waals surface area contributed by atoms with Gasteiger partial charge < -0.3 is 5.73 Å². The molecule has 102 valence electrons. The van der Waals surface area contributed by atoms with Gasteiger partial charge >= 0.3 is 0 Å². The van der Waals surface area contributed by atoms with E-state index in [0.29, 0.717) is 11.4 Å². The van der Waals surface area contributed by atoms with Crippen LogP contribution in [-0.4, -0.2) is 14.8 Å². The normalized spacial score (nSPS) is 15.9. The maximum Gasteiger partial charge on any atom is 0.142 e. The van der Waals surface area contributed by atoms with Crippen molar-refractivity contribution in [1.29, 1.82) is 5.26 Å². The van der Waals surface area contributed by atoms with Crippen molar-refractivity contribution in [2.75, 3.05) is 5.73 Å². The number of hydrogen-bond acceptors (Lipinski definition) is 4. The molecule has 2 heterocycles. The Morgan fingerprint density at radius 2 is 2.20 bits per heavy atom. The van der Waals surface area contributed by atoms with Crippen LogP contribution in [0, 0.1) is 11.3 Å². The average molecular weight is 267 g/mol. The van der Waals surface area contributed by atoms with Crippen LogP contribution in [0.1, 0.15) is 37.1 Å². The van der Waals surface area contributed by atoms with Gasteiger partial charge in [0.15, 0.2) is 0 Å². The van der Waals surface area contributed by atoms with E-state index in [9.17, 15) is 5.26 Å². The van der Waals surface area contributed by atoms with E-state index in [1.807, 2.05) is 13.2 Å². The predicted octanol–water partition coefficient (Wildman–Crippen LogP) is 2.16. The monoisotopic (exact) mass is 267 g/mol. The lowest BCUT2D eigenvalue weighted by atomic mass is 9.89. The van der Waals surface area contributed by atoms with Crippen molar-refractivity contribution in [3.05, 3.63) is 29.2 Å². The molecule has 2 aromatic rings. The number of nitrogens with zero attached hydrogens (tertiary/aromatic N) is 4. The van der Waals surface area contributed by atoms with Crippen LogP contribution >= 0.6 is 0 Å². The van der Waals surface area contributed by atoms with Crippen molar-refractivity contribution in [3.63, 3.8) is 0 Å². The summed E-state index contributed by atoms with van der Waals surface area (Å²) in [5.74, 6) is 0.320. The van der Waals surface area contributed by atoms with E-state index in [1.165, 1.54) is 0 Å². The number of fused-ring (bicyclic) bond motifs is 1. The van der Waals surface area contributed by atoms with Crippen molar-refractivity contribution in [1.82, 2.24) is 14.8 Å². The highest BCUT2D eigenvalue weighted by molar-refractivity contribution is 5.79. The first-order valence-electron chi connectivity index (χ1n) is 6.66. The summed E-state index contributed by atoms with van der Waals surface area (Å²) in [5, 5.41) is 13.6. The fourth-order valence-electron chi connectivity index (χ4n) is 2.98. The molecule has 0 spiro atoms. The highest BCUT2D eigenvalue weighted by atomic mass is 15.2. The lowest BCUT2D eigenvalue weighted by molar-refractivity contribution is 0.510. The number of aromatic nitrogens is 3. The van der Waals surface area contributed by atoms with Gasteiger partial charge in [0, 0.05) is 29.8 Å². The third-order valence-corrected chi connectivity index (χ3v) is 4.07. The van der Waals surface area contributed by atoms with E-state index in [4.69, 9.17) is 5.73 Å². The van der Waals surface area contributed by atoms with Gasteiger partial charge in [-0.1, -0.05) is 13.8 Å². The molecule has 2 N–H and O–H groups in total. The Balaban J connectivity index is 2.36. The van der Waals surface area contributed by atoms with Gasteiger partial charge in [-0.2, -0.15) is 10.4 Å². The zero-order chi connectivity index (χ0) is 14.5.